The second-order valence-electron chi connectivity index (χ2n) is 5.20. The lowest BCUT2D eigenvalue weighted by molar-refractivity contribution is 0.0924. The number of halogens is 1. The number of rotatable bonds is 2. The van der Waals surface area contributed by atoms with E-state index in [4.69, 9.17) is 11.6 Å². The number of ketones is 1. The predicted octanol–water partition coefficient (Wildman–Crippen LogP) is 4.25. The van der Waals surface area contributed by atoms with E-state index in [9.17, 15) is 4.79 Å². The van der Waals surface area contributed by atoms with Crippen molar-refractivity contribution < 1.29 is 4.79 Å². The van der Waals surface area contributed by atoms with Gasteiger partial charge in [-0.25, -0.2) is 0 Å². The van der Waals surface area contributed by atoms with E-state index in [0.29, 0.717) is 5.02 Å². The largest absolute Gasteiger partial charge is 0.294 e. The van der Waals surface area contributed by atoms with Crippen LogP contribution in [-0.4, -0.2) is 5.78 Å². The van der Waals surface area contributed by atoms with Gasteiger partial charge < -0.3 is 0 Å². The summed E-state index contributed by atoms with van der Waals surface area (Å²) in [4.78, 5) is 12.5. The molecule has 1 nitrogen and oxygen atoms in total. The van der Waals surface area contributed by atoms with Crippen molar-refractivity contribution in [3.8, 4) is 0 Å². The van der Waals surface area contributed by atoms with Crippen molar-refractivity contribution in [2.24, 2.45) is 5.92 Å². The van der Waals surface area contributed by atoms with E-state index in [1.54, 1.807) is 6.07 Å². The Balaban J connectivity index is 1.85. The molecule has 0 saturated carbocycles. The molecule has 0 radical (unpaired) electrons. The third kappa shape index (κ3) is 2.31. The molecule has 0 bridgehead atoms. The van der Waals surface area contributed by atoms with Crippen molar-refractivity contribution in [1.29, 1.82) is 0 Å². The van der Waals surface area contributed by atoms with E-state index in [1.165, 1.54) is 11.1 Å². The fraction of sp³-hybridized carbons (Fsp3) is 0.235. The topological polar surface area (TPSA) is 17.1 Å². The highest BCUT2D eigenvalue weighted by atomic mass is 35.5. The van der Waals surface area contributed by atoms with Gasteiger partial charge in [0.2, 0.25) is 0 Å². The molecule has 0 aliphatic heterocycles. The Morgan fingerprint density at radius 3 is 2.32 bits per heavy atom. The first kappa shape index (κ1) is 12.4. The molecule has 0 atom stereocenters. The highest BCUT2D eigenvalue weighted by Gasteiger charge is 2.27. The molecule has 0 unspecified atom stereocenters. The smallest absolute Gasteiger partial charge is 0.166 e. The normalized spacial score (nSPS) is 14.4. The average Bonchev–Trinajstić information content (AvgIpc) is 2.85. The molecular weight excluding hydrogens is 256 g/mol. The molecule has 0 spiro atoms. The van der Waals surface area contributed by atoms with Gasteiger partial charge in [0.05, 0.1) is 0 Å². The van der Waals surface area contributed by atoms with Crippen molar-refractivity contribution in [2.45, 2.75) is 19.8 Å². The molecule has 2 heteroatoms. The average molecular weight is 271 g/mol. The predicted molar refractivity (Wildman–Crippen MR) is 77.9 cm³/mol. The van der Waals surface area contributed by atoms with Gasteiger partial charge >= 0.3 is 0 Å². The summed E-state index contributed by atoms with van der Waals surface area (Å²) in [6.45, 7) is 1.95. The Bertz CT molecular complexity index is 620. The van der Waals surface area contributed by atoms with Crippen LogP contribution in [0.15, 0.2) is 42.5 Å². The molecule has 1 aliphatic rings. The first-order valence-corrected chi connectivity index (χ1v) is 6.90. The van der Waals surface area contributed by atoms with Crippen LogP contribution in [0.1, 0.15) is 27.0 Å². The lowest BCUT2D eigenvalue weighted by atomic mass is 9.94. The number of carbonyl (C=O) groups excluding carboxylic acids is 1. The fourth-order valence-electron chi connectivity index (χ4n) is 2.73. The highest BCUT2D eigenvalue weighted by Crippen LogP contribution is 2.29. The summed E-state index contributed by atoms with van der Waals surface area (Å²) in [5.41, 5.74) is 4.35. The molecule has 0 N–H and O–H groups in total. The van der Waals surface area contributed by atoms with Gasteiger partial charge in [0.25, 0.3) is 0 Å². The van der Waals surface area contributed by atoms with Gasteiger partial charge in [0.15, 0.2) is 5.78 Å². The van der Waals surface area contributed by atoms with Crippen molar-refractivity contribution in [1.82, 2.24) is 0 Å². The first-order chi connectivity index (χ1) is 9.15. The van der Waals surface area contributed by atoms with Gasteiger partial charge in [0.1, 0.15) is 0 Å². The molecule has 96 valence electrons. The minimum atomic E-state index is 0.0659. The van der Waals surface area contributed by atoms with Gasteiger partial charge in [-0.1, -0.05) is 48.0 Å². The maximum Gasteiger partial charge on any atom is 0.166 e. The van der Waals surface area contributed by atoms with Gasteiger partial charge in [-0.15, -0.1) is 0 Å². The number of carbonyl (C=O) groups is 1. The maximum absolute atomic E-state index is 12.5. The van der Waals surface area contributed by atoms with E-state index in [-0.39, 0.29) is 11.7 Å². The first-order valence-electron chi connectivity index (χ1n) is 6.52. The van der Waals surface area contributed by atoms with Crippen LogP contribution in [0.5, 0.6) is 0 Å². The standard InChI is InChI=1S/C17H15ClO/c1-11-6-7-14(10-16(11)18)17(19)15-8-12-4-2-3-5-13(12)9-15/h2-7,10,15H,8-9H2,1H3. The quantitative estimate of drug-likeness (QED) is 0.746. The van der Waals surface area contributed by atoms with Crippen molar-refractivity contribution in [3.63, 3.8) is 0 Å². The molecule has 0 heterocycles. The summed E-state index contributed by atoms with van der Waals surface area (Å²) in [6.07, 6.45) is 1.70. The SMILES string of the molecule is Cc1ccc(C(=O)C2Cc3ccccc3C2)cc1Cl. The van der Waals surface area contributed by atoms with Crippen molar-refractivity contribution in [3.05, 3.63) is 69.7 Å². The molecule has 0 aromatic heterocycles. The van der Waals surface area contributed by atoms with E-state index < -0.39 is 0 Å². The zero-order chi connectivity index (χ0) is 13.4. The second-order valence-corrected chi connectivity index (χ2v) is 5.61. The van der Waals surface area contributed by atoms with E-state index >= 15 is 0 Å². The van der Waals surface area contributed by atoms with Crippen molar-refractivity contribution >= 4 is 17.4 Å². The minimum absolute atomic E-state index is 0.0659. The molecule has 2 aromatic rings. The summed E-state index contributed by atoms with van der Waals surface area (Å²) < 4.78 is 0. The van der Waals surface area contributed by atoms with Crippen LogP contribution in [-0.2, 0) is 12.8 Å². The number of Topliss-reactive ketones (excluding diaryl/α,β-unsaturated/α-hetero) is 1. The maximum atomic E-state index is 12.5. The van der Waals surface area contributed by atoms with Crippen molar-refractivity contribution in [2.75, 3.05) is 0 Å². The van der Waals surface area contributed by atoms with E-state index in [2.05, 4.69) is 12.1 Å². The van der Waals surface area contributed by atoms with Crippen LogP contribution in [0.3, 0.4) is 0 Å². The molecule has 0 fully saturated rings. The molecule has 2 aromatic carbocycles. The lowest BCUT2D eigenvalue weighted by Crippen LogP contribution is -2.15. The van der Waals surface area contributed by atoms with Crippen LogP contribution >= 0.6 is 11.6 Å². The van der Waals surface area contributed by atoms with Crippen LogP contribution in [0.4, 0.5) is 0 Å². The van der Waals surface area contributed by atoms with E-state index in [0.717, 1.165) is 24.0 Å². The molecule has 0 amide bonds. The second kappa shape index (κ2) is 4.82. The molecule has 3 rings (SSSR count). The van der Waals surface area contributed by atoms with Gasteiger partial charge in [0, 0.05) is 16.5 Å². The van der Waals surface area contributed by atoms with Crippen LogP contribution in [0.2, 0.25) is 5.02 Å². The van der Waals surface area contributed by atoms with Crippen LogP contribution in [0, 0.1) is 12.8 Å². The Morgan fingerprint density at radius 1 is 1.11 bits per heavy atom. The minimum Gasteiger partial charge on any atom is -0.294 e. The lowest BCUT2D eigenvalue weighted by Gasteiger charge is -2.09. The van der Waals surface area contributed by atoms with Gasteiger partial charge in [-0.3, -0.25) is 4.79 Å². The molecule has 19 heavy (non-hydrogen) atoms. The summed E-state index contributed by atoms with van der Waals surface area (Å²) in [6, 6.07) is 13.9. The number of hydrogen-bond donors (Lipinski definition) is 0. The number of hydrogen-bond acceptors (Lipinski definition) is 1. The van der Waals surface area contributed by atoms with Crippen LogP contribution in [0.25, 0.3) is 0 Å². The van der Waals surface area contributed by atoms with Crippen LogP contribution < -0.4 is 0 Å². The number of aryl methyl sites for hydroxylation is 1. The Hall–Kier alpha value is -1.60. The Labute approximate surface area is 118 Å². The molecule has 1 aliphatic carbocycles. The Morgan fingerprint density at radius 2 is 1.74 bits per heavy atom. The zero-order valence-electron chi connectivity index (χ0n) is 10.8. The van der Waals surface area contributed by atoms with Gasteiger partial charge in [-0.2, -0.15) is 0 Å². The zero-order valence-corrected chi connectivity index (χ0v) is 11.6. The van der Waals surface area contributed by atoms with E-state index in [1.807, 2.05) is 31.2 Å². The summed E-state index contributed by atoms with van der Waals surface area (Å²) in [5.74, 6) is 0.272. The highest BCUT2D eigenvalue weighted by molar-refractivity contribution is 6.31. The summed E-state index contributed by atoms with van der Waals surface area (Å²) >= 11 is 6.10. The summed E-state index contributed by atoms with van der Waals surface area (Å²) in [7, 11) is 0. The third-order valence-electron chi connectivity index (χ3n) is 3.88. The molecule has 0 saturated heterocycles. The number of benzene rings is 2. The fourth-order valence-corrected chi connectivity index (χ4v) is 2.91. The Kier molecular flexibility index (Phi) is 3.16. The monoisotopic (exact) mass is 270 g/mol. The number of fused-ring (bicyclic) bond motifs is 1. The molecular formula is C17H15ClO. The van der Waals surface area contributed by atoms with Gasteiger partial charge in [-0.05, 0) is 42.5 Å². The summed E-state index contributed by atoms with van der Waals surface area (Å²) in [5, 5.41) is 0.668. The third-order valence-corrected chi connectivity index (χ3v) is 4.29.